The molecule has 39 heavy (non-hydrogen) atoms. The number of ether oxygens (including phenoxy) is 1. The van der Waals surface area contributed by atoms with Crippen molar-refractivity contribution in [3.05, 3.63) is 59.2 Å². The van der Waals surface area contributed by atoms with Crippen LogP contribution in [0.3, 0.4) is 0 Å². The van der Waals surface area contributed by atoms with Crippen LogP contribution in [0, 0.1) is 5.41 Å². The van der Waals surface area contributed by atoms with Crippen molar-refractivity contribution in [1.82, 2.24) is 5.32 Å². The first-order valence-corrected chi connectivity index (χ1v) is 10.7. The van der Waals surface area contributed by atoms with Gasteiger partial charge in [-0.3, -0.25) is 15.0 Å². The van der Waals surface area contributed by atoms with E-state index in [4.69, 9.17) is 30.9 Å². The van der Waals surface area contributed by atoms with Gasteiger partial charge in [0.25, 0.3) is 0 Å². The molecule has 1 atom stereocenters. The largest absolute Gasteiger partial charge is 0.491 e. The number of rotatable bonds is 9. The molecule has 0 radical (unpaired) electrons. The number of carboxylic acids is 1. The molecule has 0 fully saturated rings. The number of alkyl halides is 6. The summed E-state index contributed by atoms with van der Waals surface area (Å²) in [6, 6.07) is 8.64. The molecule has 0 heterocycles. The van der Waals surface area contributed by atoms with Crippen molar-refractivity contribution in [1.29, 1.82) is 5.41 Å². The van der Waals surface area contributed by atoms with Crippen LogP contribution in [-0.4, -0.2) is 53.2 Å². The lowest BCUT2D eigenvalue weighted by Crippen LogP contribution is -2.30. The van der Waals surface area contributed by atoms with Crippen molar-refractivity contribution in [3.63, 3.8) is 0 Å². The second kappa shape index (κ2) is 14.0. The number of nitrogen functional groups attached to an aromatic ring is 1. The van der Waals surface area contributed by atoms with E-state index in [0.29, 0.717) is 11.3 Å². The fourth-order valence-corrected chi connectivity index (χ4v) is 2.78. The number of amidine groups is 1. The molecule has 0 aliphatic rings. The number of nitrogens with two attached hydrogens (primary N) is 1. The molecular formula is C23H24F6N4O6. The maximum Gasteiger partial charge on any atom is 0.490 e. The van der Waals surface area contributed by atoms with E-state index in [2.05, 4.69) is 10.6 Å². The van der Waals surface area contributed by atoms with Crippen LogP contribution in [0.4, 0.5) is 32.0 Å². The molecule has 2 aromatic rings. The molecule has 0 aliphatic carbocycles. The van der Waals surface area contributed by atoms with Gasteiger partial charge in [0.2, 0.25) is 11.8 Å². The van der Waals surface area contributed by atoms with Crippen molar-refractivity contribution in [2.24, 2.45) is 5.73 Å². The summed E-state index contributed by atoms with van der Waals surface area (Å²) in [5.74, 6) is -4.60. The van der Waals surface area contributed by atoms with E-state index in [1.807, 2.05) is 0 Å². The Morgan fingerprint density at radius 1 is 1.03 bits per heavy atom. The lowest BCUT2D eigenvalue weighted by Gasteiger charge is -2.19. The third kappa shape index (κ3) is 11.3. The second-order valence-electron chi connectivity index (χ2n) is 7.63. The monoisotopic (exact) mass is 566 g/mol. The Morgan fingerprint density at radius 2 is 1.59 bits per heavy atom. The molecule has 2 rings (SSSR count). The predicted molar refractivity (Wildman–Crippen MR) is 125 cm³/mol. The van der Waals surface area contributed by atoms with Gasteiger partial charge in [-0.05, 0) is 48.9 Å². The van der Waals surface area contributed by atoms with Crippen LogP contribution in [0.2, 0.25) is 0 Å². The normalized spacial score (nSPS) is 11.9. The topological polar surface area (TPSA) is 175 Å². The molecule has 10 nitrogen and oxygen atoms in total. The summed E-state index contributed by atoms with van der Waals surface area (Å²) >= 11 is 0. The highest BCUT2D eigenvalue weighted by Gasteiger charge is 2.38. The van der Waals surface area contributed by atoms with Crippen LogP contribution >= 0.6 is 0 Å². The minimum absolute atomic E-state index is 0.127. The molecule has 214 valence electrons. The number of aliphatic carboxylic acids is 1. The summed E-state index contributed by atoms with van der Waals surface area (Å²) in [7, 11) is 0. The summed E-state index contributed by atoms with van der Waals surface area (Å²) in [4.78, 5) is 33.1. The highest BCUT2D eigenvalue weighted by molar-refractivity contribution is 6.04. The average Bonchev–Trinajstić information content (AvgIpc) is 2.81. The Morgan fingerprint density at radius 3 is 2.05 bits per heavy atom. The van der Waals surface area contributed by atoms with E-state index in [1.165, 1.54) is 37.3 Å². The maximum atomic E-state index is 13.3. The molecule has 0 unspecified atom stereocenters. The van der Waals surface area contributed by atoms with E-state index in [-0.39, 0.29) is 18.0 Å². The number of anilines is 1. The van der Waals surface area contributed by atoms with Gasteiger partial charge in [0.05, 0.1) is 18.2 Å². The first kappa shape index (κ1) is 32.7. The summed E-state index contributed by atoms with van der Waals surface area (Å²) in [6.45, 7) is 0.760. The highest BCUT2D eigenvalue weighted by Crippen LogP contribution is 2.37. The first-order chi connectivity index (χ1) is 17.9. The molecule has 0 saturated carbocycles. The molecule has 2 amide bonds. The Kier molecular flexibility index (Phi) is 11.7. The quantitative estimate of drug-likeness (QED) is 0.117. The summed E-state index contributed by atoms with van der Waals surface area (Å²) < 4.78 is 76.7. The van der Waals surface area contributed by atoms with Gasteiger partial charge in [-0.15, -0.1) is 0 Å². The molecule has 0 spiro atoms. The smallest absolute Gasteiger partial charge is 0.490 e. The Labute approximate surface area is 217 Å². The number of benzene rings is 2. The second-order valence-corrected chi connectivity index (χ2v) is 7.63. The van der Waals surface area contributed by atoms with Crippen LogP contribution < -0.4 is 21.1 Å². The van der Waals surface area contributed by atoms with Crippen molar-refractivity contribution >= 4 is 29.3 Å². The molecule has 0 aromatic heterocycles. The number of halogens is 6. The minimum Gasteiger partial charge on any atom is -0.491 e. The number of hydrogen-bond donors (Lipinski definition) is 6. The van der Waals surface area contributed by atoms with Gasteiger partial charge < -0.3 is 31.3 Å². The number of carboxylic acid groups (broad SMARTS) is 1. The van der Waals surface area contributed by atoms with E-state index >= 15 is 0 Å². The molecule has 2 aromatic carbocycles. The van der Waals surface area contributed by atoms with Gasteiger partial charge in [0.1, 0.15) is 24.6 Å². The number of aliphatic hydroxyl groups is 1. The van der Waals surface area contributed by atoms with E-state index in [9.17, 15) is 35.9 Å². The van der Waals surface area contributed by atoms with Crippen molar-refractivity contribution in [3.8, 4) is 5.75 Å². The standard InChI is InChI=1S/C21H23F3N4O4.C2HF3O2/c1-12(14-4-7-17(32-9-8-29)16(10-14)21(22,23)24)27-18(30)11-19(31)28-15-5-2-13(3-6-15)20(25)26;3-2(4,5)1(6)7/h2-7,10,12,29H,8-9,11H2,1H3,(H3,25,26)(H,27,30)(H,28,31);(H,6,7)/t12-;/m0./s1. The highest BCUT2D eigenvalue weighted by atomic mass is 19.4. The molecule has 0 bridgehead atoms. The molecule has 0 saturated heterocycles. The van der Waals surface area contributed by atoms with Gasteiger partial charge >= 0.3 is 18.3 Å². The van der Waals surface area contributed by atoms with Gasteiger partial charge in [-0.25, -0.2) is 4.79 Å². The average molecular weight is 566 g/mol. The van der Waals surface area contributed by atoms with E-state index < -0.39 is 60.5 Å². The number of carbonyl (C=O) groups is 3. The van der Waals surface area contributed by atoms with Crippen molar-refractivity contribution in [2.45, 2.75) is 31.7 Å². The number of amides is 2. The predicted octanol–water partition coefficient (Wildman–Crippen LogP) is 3.20. The summed E-state index contributed by atoms with van der Waals surface area (Å²) in [5.41, 5.74) is 5.36. The van der Waals surface area contributed by atoms with Crippen molar-refractivity contribution in [2.75, 3.05) is 18.5 Å². The Hall–Kier alpha value is -4.34. The van der Waals surface area contributed by atoms with Gasteiger partial charge in [0.15, 0.2) is 0 Å². The molecule has 0 aliphatic heterocycles. The first-order valence-electron chi connectivity index (χ1n) is 10.7. The Balaban J connectivity index is 0.000000956. The van der Waals surface area contributed by atoms with Gasteiger partial charge in [-0.1, -0.05) is 6.07 Å². The molecule has 16 heteroatoms. The summed E-state index contributed by atoms with van der Waals surface area (Å²) in [6.07, 6.45) is -10.3. The third-order valence-corrected chi connectivity index (χ3v) is 4.58. The van der Waals surface area contributed by atoms with Crippen molar-refractivity contribution < 1.29 is 55.7 Å². The van der Waals surface area contributed by atoms with Crippen LogP contribution in [0.5, 0.6) is 5.75 Å². The summed E-state index contributed by atoms with van der Waals surface area (Å²) in [5, 5.41) is 28.2. The fourth-order valence-electron chi connectivity index (χ4n) is 2.78. The minimum atomic E-state index is -5.08. The lowest BCUT2D eigenvalue weighted by atomic mass is 10.0. The lowest BCUT2D eigenvalue weighted by molar-refractivity contribution is -0.192. The number of aliphatic hydroxyl groups excluding tert-OH is 1. The van der Waals surface area contributed by atoms with E-state index in [0.717, 1.165) is 12.1 Å². The van der Waals surface area contributed by atoms with Gasteiger partial charge in [-0.2, -0.15) is 26.3 Å². The van der Waals surface area contributed by atoms with Gasteiger partial charge in [0, 0.05) is 11.3 Å². The SMILES string of the molecule is C[C@H](NC(=O)CC(=O)Nc1ccc(C(=N)N)cc1)c1ccc(OCCO)c(C(F)(F)F)c1.O=C(O)C(F)(F)F. The molecule has 7 N–H and O–H groups in total. The maximum absolute atomic E-state index is 13.3. The third-order valence-electron chi connectivity index (χ3n) is 4.58. The van der Waals surface area contributed by atoms with Crippen LogP contribution in [-0.2, 0) is 20.6 Å². The van der Waals surface area contributed by atoms with Crippen LogP contribution in [0.1, 0.15) is 36.1 Å². The fraction of sp³-hybridized carbons (Fsp3) is 0.304. The number of carbonyl (C=O) groups excluding carboxylic acids is 2. The zero-order chi connectivity index (χ0) is 30.0. The zero-order valence-corrected chi connectivity index (χ0v) is 20.1. The zero-order valence-electron chi connectivity index (χ0n) is 20.1. The van der Waals surface area contributed by atoms with Crippen LogP contribution in [0.15, 0.2) is 42.5 Å². The number of nitrogens with one attached hydrogen (secondary N) is 3. The molecular weight excluding hydrogens is 542 g/mol. The van der Waals surface area contributed by atoms with Crippen LogP contribution in [0.25, 0.3) is 0 Å². The van der Waals surface area contributed by atoms with E-state index in [1.54, 1.807) is 0 Å². The number of hydrogen-bond acceptors (Lipinski definition) is 6. The Bertz CT molecular complexity index is 1170.